The van der Waals surface area contributed by atoms with Crippen molar-refractivity contribution in [3.05, 3.63) is 38.9 Å². The molecular formula is C14H18ClN3O3. The standard InChI is InChI=1S/C14H18ClN3O3/c1-9-7-17(8-10(2)16(9)3)14(19)12-5-4-11(18(20)21)6-13(12)15/h4-6,9-10H,7-8H2,1-3H3. The van der Waals surface area contributed by atoms with Gasteiger partial charge < -0.3 is 4.90 Å². The summed E-state index contributed by atoms with van der Waals surface area (Å²) in [7, 11) is 2.04. The molecule has 1 aromatic rings. The number of carbonyl (C=O) groups is 1. The van der Waals surface area contributed by atoms with Crippen LogP contribution in [0, 0.1) is 10.1 Å². The van der Waals surface area contributed by atoms with Gasteiger partial charge in [-0.15, -0.1) is 0 Å². The molecule has 2 rings (SSSR count). The number of non-ortho nitro benzene ring substituents is 1. The second-order valence-corrected chi connectivity index (χ2v) is 5.90. The van der Waals surface area contributed by atoms with Crippen molar-refractivity contribution in [2.75, 3.05) is 20.1 Å². The van der Waals surface area contributed by atoms with E-state index in [4.69, 9.17) is 11.6 Å². The number of carbonyl (C=O) groups excluding carboxylic acids is 1. The lowest BCUT2D eigenvalue weighted by Gasteiger charge is -2.42. The summed E-state index contributed by atoms with van der Waals surface area (Å²) in [5.41, 5.74) is 0.197. The van der Waals surface area contributed by atoms with Gasteiger partial charge in [-0.2, -0.15) is 0 Å². The van der Waals surface area contributed by atoms with Crippen LogP contribution >= 0.6 is 11.6 Å². The molecule has 0 radical (unpaired) electrons. The number of rotatable bonds is 2. The quantitative estimate of drug-likeness (QED) is 0.621. The molecule has 2 atom stereocenters. The average molecular weight is 312 g/mol. The Hall–Kier alpha value is -1.66. The molecule has 0 saturated carbocycles. The molecule has 1 aliphatic heterocycles. The summed E-state index contributed by atoms with van der Waals surface area (Å²) >= 11 is 6.03. The molecule has 0 aliphatic carbocycles. The van der Waals surface area contributed by atoms with Crippen LogP contribution in [-0.4, -0.2) is 52.9 Å². The highest BCUT2D eigenvalue weighted by Gasteiger charge is 2.30. The van der Waals surface area contributed by atoms with E-state index in [1.54, 1.807) is 4.90 Å². The highest BCUT2D eigenvalue weighted by atomic mass is 35.5. The van der Waals surface area contributed by atoms with Crippen LogP contribution in [0.4, 0.5) is 5.69 Å². The minimum atomic E-state index is -0.528. The zero-order chi connectivity index (χ0) is 15.7. The summed E-state index contributed by atoms with van der Waals surface area (Å²) in [5, 5.41) is 10.8. The molecule has 114 valence electrons. The molecule has 0 bridgehead atoms. The van der Waals surface area contributed by atoms with Crippen LogP contribution in [0.2, 0.25) is 5.02 Å². The summed E-state index contributed by atoms with van der Waals surface area (Å²) in [6.45, 7) is 5.36. The van der Waals surface area contributed by atoms with Gasteiger partial charge in [-0.3, -0.25) is 19.8 Å². The predicted molar refractivity (Wildman–Crippen MR) is 80.7 cm³/mol. The number of nitro benzene ring substituents is 1. The van der Waals surface area contributed by atoms with E-state index >= 15 is 0 Å². The number of amides is 1. The monoisotopic (exact) mass is 311 g/mol. The molecule has 7 heteroatoms. The van der Waals surface area contributed by atoms with Gasteiger partial charge in [-0.1, -0.05) is 11.6 Å². The first kappa shape index (κ1) is 15.7. The molecule has 1 heterocycles. The lowest BCUT2D eigenvalue weighted by Crippen LogP contribution is -2.56. The van der Waals surface area contributed by atoms with Crippen LogP contribution in [-0.2, 0) is 0 Å². The number of piperazine rings is 1. The lowest BCUT2D eigenvalue weighted by atomic mass is 10.1. The minimum Gasteiger partial charge on any atom is -0.335 e. The number of nitro groups is 1. The van der Waals surface area contributed by atoms with Gasteiger partial charge in [0.25, 0.3) is 11.6 Å². The smallest absolute Gasteiger partial charge is 0.270 e. The Kier molecular flexibility index (Phi) is 4.49. The van der Waals surface area contributed by atoms with Crippen LogP contribution in [0.25, 0.3) is 0 Å². The van der Waals surface area contributed by atoms with E-state index in [2.05, 4.69) is 18.7 Å². The molecule has 1 aromatic carbocycles. The minimum absolute atomic E-state index is 0.114. The van der Waals surface area contributed by atoms with Crippen molar-refractivity contribution in [3.8, 4) is 0 Å². The highest BCUT2D eigenvalue weighted by molar-refractivity contribution is 6.34. The number of hydrogen-bond donors (Lipinski definition) is 0. The Bertz CT molecular complexity index is 567. The third-order valence-electron chi connectivity index (χ3n) is 4.04. The summed E-state index contributed by atoms with van der Waals surface area (Å²) < 4.78 is 0. The van der Waals surface area contributed by atoms with Crippen molar-refractivity contribution >= 4 is 23.2 Å². The second-order valence-electron chi connectivity index (χ2n) is 5.49. The zero-order valence-electron chi connectivity index (χ0n) is 12.2. The Morgan fingerprint density at radius 3 is 2.38 bits per heavy atom. The number of hydrogen-bond acceptors (Lipinski definition) is 4. The largest absolute Gasteiger partial charge is 0.335 e. The van der Waals surface area contributed by atoms with Gasteiger partial charge in [0.2, 0.25) is 0 Å². The predicted octanol–water partition coefficient (Wildman–Crippen LogP) is 2.41. The Morgan fingerprint density at radius 2 is 1.90 bits per heavy atom. The van der Waals surface area contributed by atoms with Crippen LogP contribution in [0.5, 0.6) is 0 Å². The fourth-order valence-electron chi connectivity index (χ4n) is 2.53. The van der Waals surface area contributed by atoms with Crippen molar-refractivity contribution in [1.29, 1.82) is 0 Å². The highest BCUT2D eigenvalue weighted by Crippen LogP contribution is 2.25. The van der Waals surface area contributed by atoms with E-state index in [0.29, 0.717) is 18.7 Å². The van der Waals surface area contributed by atoms with Gasteiger partial charge >= 0.3 is 0 Å². The fourth-order valence-corrected chi connectivity index (χ4v) is 2.79. The Morgan fingerprint density at radius 1 is 1.33 bits per heavy atom. The summed E-state index contributed by atoms with van der Waals surface area (Å²) in [6.07, 6.45) is 0. The van der Waals surface area contributed by atoms with Crippen molar-refractivity contribution in [2.45, 2.75) is 25.9 Å². The van der Waals surface area contributed by atoms with Crippen molar-refractivity contribution in [2.24, 2.45) is 0 Å². The zero-order valence-corrected chi connectivity index (χ0v) is 13.0. The third-order valence-corrected chi connectivity index (χ3v) is 4.35. The van der Waals surface area contributed by atoms with Crippen LogP contribution in [0.15, 0.2) is 18.2 Å². The van der Waals surface area contributed by atoms with Crippen LogP contribution in [0.3, 0.4) is 0 Å². The van der Waals surface area contributed by atoms with Gasteiger partial charge in [-0.25, -0.2) is 0 Å². The van der Waals surface area contributed by atoms with Crippen molar-refractivity contribution in [3.63, 3.8) is 0 Å². The number of likely N-dealkylation sites (N-methyl/N-ethyl adjacent to an activating group) is 1. The molecule has 6 nitrogen and oxygen atoms in total. The average Bonchev–Trinajstić information content (AvgIpc) is 2.43. The summed E-state index contributed by atoms with van der Waals surface area (Å²) in [6, 6.07) is 4.47. The Labute approximate surface area is 128 Å². The van der Waals surface area contributed by atoms with E-state index < -0.39 is 4.92 Å². The maximum atomic E-state index is 12.6. The van der Waals surface area contributed by atoms with Crippen LogP contribution < -0.4 is 0 Å². The topological polar surface area (TPSA) is 66.7 Å². The molecule has 1 saturated heterocycles. The van der Waals surface area contributed by atoms with Gasteiger partial charge in [0, 0.05) is 37.3 Å². The lowest BCUT2D eigenvalue weighted by molar-refractivity contribution is -0.384. The fraction of sp³-hybridized carbons (Fsp3) is 0.500. The Balaban J connectivity index is 2.22. The first-order chi connectivity index (χ1) is 9.81. The molecule has 1 amide bonds. The van der Waals surface area contributed by atoms with Gasteiger partial charge in [0.15, 0.2) is 0 Å². The normalized spacial score (nSPS) is 23.1. The molecule has 0 spiro atoms. The molecule has 0 N–H and O–H groups in total. The third kappa shape index (κ3) is 3.16. The van der Waals surface area contributed by atoms with E-state index in [-0.39, 0.29) is 28.7 Å². The molecule has 0 aromatic heterocycles. The summed E-state index contributed by atoms with van der Waals surface area (Å²) in [5.74, 6) is -0.179. The molecule has 1 aliphatic rings. The molecule has 2 unspecified atom stereocenters. The maximum Gasteiger partial charge on any atom is 0.270 e. The van der Waals surface area contributed by atoms with Gasteiger partial charge in [0.05, 0.1) is 15.5 Å². The van der Waals surface area contributed by atoms with Gasteiger partial charge in [-0.05, 0) is 27.0 Å². The van der Waals surface area contributed by atoms with E-state index in [9.17, 15) is 14.9 Å². The van der Waals surface area contributed by atoms with E-state index in [1.807, 2.05) is 7.05 Å². The number of nitrogens with zero attached hydrogens (tertiary/aromatic N) is 3. The number of halogens is 1. The SMILES string of the molecule is CC1CN(C(=O)c2ccc([N+](=O)[O-])cc2Cl)CC(C)N1C. The maximum absolute atomic E-state index is 12.6. The van der Waals surface area contributed by atoms with Crippen LogP contribution in [0.1, 0.15) is 24.2 Å². The summed E-state index contributed by atoms with van der Waals surface area (Å²) in [4.78, 5) is 26.7. The molecule has 1 fully saturated rings. The van der Waals surface area contributed by atoms with Crippen molar-refractivity contribution in [1.82, 2.24) is 9.80 Å². The first-order valence-electron chi connectivity index (χ1n) is 6.76. The van der Waals surface area contributed by atoms with Gasteiger partial charge in [0.1, 0.15) is 0 Å². The van der Waals surface area contributed by atoms with Crippen molar-refractivity contribution < 1.29 is 9.72 Å². The second kappa shape index (κ2) is 5.99. The number of benzene rings is 1. The molecular weight excluding hydrogens is 294 g/mol. The van der Waals surface area contributed by atoms with E-state index in [1.165, 1.54) is 18.2 Å². The van der Waals surface area contributed by atoms with E-state index in [0.717, 1.165) is 0 Å². The first-order valence-corrected chi connectivity index (χ1v) is 7.14. The molecule has 21 heavy (non-hydrogen) atoms.